The van der Waals surface area contributed by atoms with Crippen molar-refractivity contribution in [3.05, 3.63) is 41.7 Å². The molecule has 3 nitrogen and oxygen atoms in total. The van der Waals surface area contributed by atoms with Gasteiger partial charge in [0.1, 0.15) is 18.1 Å². The Morgan fingerprint density at radius 3 is 2.33 bits per heavy atom. The standard InChI is InChI=1S/C15H16F3N3/c1-3-19-14-10(2)13(11-7-5-4-6-8-11)20-12(21-14)9-15(16,17)18/h4-8H,3,9H2,1-2H3,(H,19,20,21). The summed E-state index contributed by atoms with van der Waals surface area (Å²) in [4.78, 5) is 8.09. The topological polar surface area (TPSA) is 37.8 Å². The van der Waals surface area contributed by atoms with Crippen LogP contribution in [0.15, 0.2) is 30.3 Å². The molecule has 1 N–H and O–H groups in total. The average molecular weight is 295 g/mol. The molecule has 1 aromatic heterocycles. The number of benzene rings is 1. The molecule has 112 valence electrons. The van der Waals surface area contributed by atoms with Gasteiger partial charge in [0.2, 0.25) is 0 Å². The van der Waals surface area contributed by atoms with Crippen LogP contribution in [0.25, 0.3) is 11.3 Å². The Morgan fingerprint density at radius 2 is 1.76 bits per heavy atom. The molecule has 2 rings (SSSR count). The van der Waals surface area contributed by atoms with E-state index >= 15 is 0 Å². The lowest BCUT2D eigenvalue weighted by Crippen LogP contribution is -2.16. The normalized spacial score (nSPS) is 11.5. The minimum Gasteiger partial charge on any atom is -0.370 e. The molecule has 0 atom stereocenters. The van der Waals surface area contributed by atoms with Crippen molar-refractivity contribution in [2.45, 2.75) is 26.4 Å². The summed E-state index contributed by atoms with van der Waals surface area (Å²) in [6.07, 6.45) is -5.46. The Bertz CT molecular complexity index is 610. The molecular formula is C15H16F3N3. The van der Waals surface area contributed by atoms with Crippen LogP contribution in [0.3, 0.4) is 0 Å². The van der Waals surface area contributed by atoms with Crippen LogP contribution in [0.5, 0.6) is 0 Å². The number of nitrogens with zero attached hydrogens (tertiary/aromatic N) is 2. The first-order valence-electron chi connectivity index (χ1n) is 6.64. The maximum absolute atomic E-state index is 12.6. The number of hydrogen-bond donors (Lipinski definition) is 1. The summed E-state index contributed by atoms with van der Waals surface area (Å²) in [7, 11) is 0. The summed E-state index contributed by atoms with van der Waals surface area (Å²) in [6.45, 7) is 4.25. The highest BCUT2D eigenvalue weighted by molar-refractivity contribution is 5.68. The molecule has 0 aliphatic carbocycles. The zero-order chi connectivity index (χ0) is 15.5. The second-order valence-electron chi connectivity index (χ2n) is 4.65. The van der Waals surface area contributed by atoms with E-state index in [9.17, 15) is 13.2 Å². The van der Waals surface area contributed by atoms with Crippen molar-refractivity contribution in [1.29, 1.82) is 0 Å². The van der Waals surface area contributed by atoms with E-state index in [0.29, 0.717) is 18.1 Å². The van der Waals surface area contributed by atoms with Gasteiger partial charge in [-0.05, 0) is 13.8 Å². The summed E-state index contributed by atoms with van der Waals surface area (Å²) in [6, 6.07) is 9.15. The largest absolute Gasteiger partial charge is 0.396 e. The number of alkyl halides is 3. The van der Waals surface area contributed by atoms with Crippen molar-refractivity contribution in [3.63, 3.8) is 0 Å². The third-order valence-electron chi connectivity index (χ3n) is 2.94. The number of rotatable bonds is 4. The highest BCUT2D eigenvalue weighted by Crippen LogP contribution is 2.28. The lowest BCUT2D eigenvalue weighted by atomic mass is 10.1. The van der Waals surface area contributed by atoms with Crippen molar-refractivity contribution in [2.24, 2.45) is 0 Å². The first-order valence-corrected chi connectivity index (χ1v) is 6.64. The number of aromatic nitrogens is 2. The Hall–Kier alpha value is -2.11. The van der Waals surface area contributed by atoms with Crippen LogP contribution in [0, 0.1) is 6.92 Å². The van der Waals surface area contributed by atoms with Crippen molar-refractivity contribution in [1.82, 2.24) is 9.97 Å². The van der Waals surface area contributed by atoms with Gasteiger partial charge in [-0.1, -0.05) is 30.3 Å². The molecule has 0 saturated heterocycles. The highest BCUT2D eigenvalue weighted by atomic mass is 19.4. The maximum atomic E-state index is 12.6. The number of halogens is 3. The van der Waals surface area contributed by atoms with Crippen molar-refractivity contribution < 1.29 is 13.2 Å². The SMILES string of the molecule is CCNc1nc(CC(F)(F)F)nc(-c2ccccc2)c1C. The van der Waals surface area contributed by atoms with E-state index in [1.54, 1.807) is 6.92 Å². The fraction of sp³-hybridized carbons (Fsp3) is 0.333. The third-order valence-corrected chi connectivity index (χ3v) is 2.94. The number of nitrogens with one attached hydrogen (secondary N) is 1. The lowest BCUT2D eigenvalue weighted by molar-refractivity contribution is -0.128. The lowest BCUT2D eigenvalue weighted by Gasteiger charge is -2.14. The molecule has 6 heteroatoms. The monoisotopic (exact) mass is 295 g/mol. The first-order chi connectivity index (χ1) is 9.90. The summed E-state index contributed by atoms with van der Waals surface area (Å²) in [5.74, 6) is 0.230. The van der Waals surface area contributed by atoms with Crippen LogP contribution < -0.4 is 5.32 Å². The molecule has 0 spiro atoms. The van der Waals surface area contributed by atoms with Gasteiger partial charge >= 0.3 is 6.18 Å². The summed E-state index contributed by atoms with van der Waals surface area (Å²) in [5.41, 5.74) is 2.05. The van der Waals surface area contributed by atoms with E-state index in [4.69, 9.17) is 0 Å². The van der Waals surface area contributed by atoms with Crippen molar-refractivity contribution in [2.75, 3.05) is 11.9 Å². The fourth-order valence-electron chi connectivity index (χ4n) is 2.04. The second-order valence-corrected chi connectivity index (χ2v) is 4.65. The van der Waals surface area contributed by atoms with Crippen molar-refractivity contribution >= 4 is 5.82 Å². The molecule has 0 radical (unpaired) electrons. The van der Waals surface area contributed by atoms with Gasteiger partial charge < -0.3 is 5.32 Å². The second kappa shape index (κ2) is 6.11. The van der Waals surface area contributed by atoms with E-state index in [1.165, 1.54) is 0 Å². The average Bonchev–Trinajstić information content (AvgIpc) is 2.42. The molecule has 0 amide bonds. The summed E-state index contributed by atoms with van der Waals surface area (Å²) in [5, 5.41) is 2.99. The van der Waals surface area contributed by atoms with Gasteiger partial charge in [-0.25, -0.2) is 9.97 Å². The zero-order valence-corrected chi connectivity index (χ0v) is 11.8. The first kappa shape index (κ1) is 15.3. The molecule has 0 unspecified atom stereocenters. The van der Waals surface area contributed by atoms with Crippen LogP contribution in [0.1, 0.15) is 18.3 Å². The molecule has 0 bridgehead atoms. The van der Waals surface area contributed by atoms with E-state index in [1.807, 2.05) is 37.3 Å². The van der Waals surface area contributed by atoms with E-state index in [2.05, 4.69) is 15.3 Å². The Morgan fingerprint density at radius 1 is 1.10 bits per heavy atom. The summed E-state index contributed by atoms with van der Waals surface area (Å²) < 4.78 is 37.8. The van der Waals surface area contributed by atoms with Gasteiger partial charge in [-0.15, -0.1) is 0 Å². The number of anilines is 1. The maximum Gasteiger partial charge on any atom is 0.396 e. The van der Waals surface area contributed by atoms with Crippen molar-refractivity contribution in [3.8, 4) is 11.3 Å². The Labute approximate surface area is 121 Å². The van der Waals surface area contributed by atoms with Gasteiger partial charge in [0, 0.05) is 17.7 Å². The predicted molar refractivity (Wildman–Crippen MR) is 76.1 cm³/mol. The molecule has 0 fully saturated rings. The molecule has 0 saturated carbocycles. The van der Waals surface area contributed by atoms with Crippen LogP contribution in [0.4, 0.5) is 19.0 Å². The van der Waals surface area contributed by atoms with Crippen LogP contribution in [-0.4, -0.2) is 22.7 Å². The van der Waals surface area contributed by atoms with E-state index in [-0.39, 0.29) is 5.82 Å². The van der Waals surface area contributed by atoms with Gasteiger partial charge in [-0.2, -0.15) is 13.2 Å². The fourth-order valence-corrected chi connectivity index (χ4v) is 2.04. The van der Waals surface area contributed by atoms with Gasteiger partial charge in [-0.3, -0.25) is 0 Å². The van der Waals surface area contributed by atoms with Gasteiger partial charge in [0.05, 0.1) is 5.69 Å². The van der Waals surface area contributed by atoms with E-state index < -0.39 is 12.6 Å². The molecule has 1 aromatic carbocycles. The molecule has 1 heterocycles. The number of hydrogen-bond acceptors (Lipinski definition) is 3. The quantitative estimate of drug-likeness (QED) is 0.926. The van der Waals surface area contributed by atoms with E-state index in [0.717, 1.165) is 11.1 Å². The zero-order valence-electron chi connectivity index (χ0n) is 11.8. The minimum absolute atomic E-state index is 0.220. The molecule has 0 aliphatic rings. The Balaban J connectivity index is 2.52. The molecule has 0 aliphatic heterocycles. The molecule has 21 heavy (non-hydrogen) atoms. The molecule has 2 aromatic rings. The smallest absolute Gasteiger partial charge is 0.370 e. The van der Waals surface area contributed by atoms with Gasteiger partial charge in [0.15, 0.2) is 0 Å². The molecular weight excluding hydrogens is 279 g/mol. The van der Waals surface area contributed by atoms with Crippen LogP contribution >= 0.6 is 0 Å². The summed E-state index contributed by atoms with van der Waals surface area (Å²) >= 11 is 0. The minimum atomic E-state index is -4.33. The predicted octanol–water partition coefficient (Wildman–Crippen LogP) is 3.99. The van der Waals surface area contributed by atoms with Crippen LogP contribution in [0.2, 0.25) is 0 Å². The Kier molecular flexibility index (Phi) is 4.45. The highest BCUT2D eigenvalue weighted by Gasteiger charge is 2.30. The van der Waals surface area contributed by atoms with Crippen LogP contribution in [-0.2, 0) is 6.42 Å². The third kappa shape index (κ3) is 3.93. The van der Waals surface area contributed by atoms with Gasteiger partial charge in [0.25, 0.3) is 0 Å².